The number of aryl methyl sites for hydroxylation is 1. The Morgan fingerprint density at radius 2 is 1.89 bits per heavy atom. The number of aliphatic hydroxyl groups excluding tert-OH is 1. The summed E-state index contributed by atoms with van der Waals surface area (Å²) in [7, 11) is 0. The summed E-state index contributed by atoms with van der Waals surface area (Å²) in [6.45, 7) is 3.37. The second-order valence-electron chi connectivity index (χ2n) is 4.35. The maximum atomic E-state index is 13.6. The normalized spacial score (nSPS) is 12.5. The van der Waals surface area contributed by atoms with Gasteiger partial charge >= 0.3 is 0 Å². The highest BCUT2D eigenvalue weighted by Crippen LogP contribution is 2.38. The second-order valence-corrected chi connectivity index (χ2v) is 6.29. The zero-order valence-electron chi connectivity index (χ0n) is 10.7. The third-order valence-corrected chi connectivity index (χ3v) is 4.90. The minimum Gasteiger partial charge on any atom is -0.389 e. The van der Waals surface area contributed by atoms with Crippen molar-refractivity contribution in [3.05, 3.63) is 57.8 Å². The van der Waals surface area contributed by atoms with Crippen molar-refractivity contribution in [1.82, 2.24) is 0 Å². The fourth-order valence-corrected chi connectivity index (χ4v) is 3.39. The van der Waals surface area contributed by atoms with E-state index in [0.29, 0.717) is 11.1 Å². The SMILES string of the molecule is Cc1cc(Sc2ccccc2Br)c([C@H](C)O)cc1F. The first-order valence-corrected chi connectivity index (χ1v) is 7.50. The summed E-state index contributed by atoms with van der Waals surface area (Å²) >= 11 is 5.01. The predicted molar refractivity (Wildman–Crippen MR) is 80.0 cm³/mol. The van der Waals surface area contributed by atoms with Gasteiger partial charge in [0.15, 0.2) is 0 Å². The van der Waals surface area contributed by atoms with Gasteiger partial charge in [0.25, 0.3) is 0 Å². The first-order valence-electron chi connectivity index (χ1n) is 5.89. The van der Waals surface area contributed by atoms with Crippen LogP contribution in [0.2, 0.25) is 0 Å². The Kier molecular flexibility index (Phi) is 4.66. The molecule has 0 amide bonds. The average Bonchev–Trinajstić information content (AvgIpc) is 2.36. The minimum atomic E-state index is -0.694. The molecule has 2 rings (SSSR count). The van der Waals surface area contributed by atoms with Crippen LogP contribution in [0.25, 0.3) is 0 Å². The van der Waals surface area contributed by atoms with Crippen molar-refractivity contribution in [3.63, 3.8) is 0 Å². The number of hydrogen-bond donors (Lipinski definition) is 1. The summed E-state index contributed by atoms with van der Waals surface area (Å²) in [6, 6.07) is 11.0. The monoisotopic (exact) mass is 340 g/mol. The lowest BCUT2D eigenvalue weighted by Crippen LogP contribution is -1.97. The predicted octanol–water partition coefficient (Wildman–Crippen LogP) is 5.10. The van der Waals surface area contributed by atoms with Crippen LogP contribution in [0, 0.1) is 12.7 Å². The van der Waals surface area contributed by atoms with Crippen LogP contribution in [0.15, 0.2) is 50.7 Å². The van der Waals surface area contributed by atoms with Gasteiger partial charge in [0, 0.05) is 14.3 Å². The van der Waals surface area contributed by atoms with Gasteiger partial charge in [0.1, 0.15) is 5.82 Å². The molecule has 2 aromatic rings. The third-order valence-electron chi connectivity index (χ3n) is 2.80. The molecule has 0 aliphatic rings. The van der Waals surface area contributed by atoms with E-state index in [1.807, 2.05) is 24.3 Å². The van der Waals surface area contributed by atoms with E-state index in [-0.39, 0.29) is 5.82 Å². The molecule has 100 valence electrons. The smallest absolute Gasteiger partial charge is 0.126 e. The molecule has 0 aromatic heterocycles. The van der Waals surface area contributed by atoms with Crippen LogP contribution in [0.5, 0.6) is 0 Å². The molecule has 1 N–H and O–H groups in total. The van der Waals surface area contributed by atoms with Gasteiger partial charge in [-0.05, 0) is 65.2 Å². The maximum Gasteiger partial charge on any atom is 0.126 e. The van der Waals surface area contributed by atoms with Gasteiger partial charge in [-0.1, -0.05) is 23.9 Å². The molecule has 0 aliphatic carbocycles. The quantitative estimate of drug-likeness (QED) is 0.838. The standard InChI is InChI=1S/C15H14BrFOS/c1-9-7-15(11(10(2)18)8-13(9)17)19-14-6-4-3-5-12(14)16/h3-8,10,18H,1-2H3/t10-/m0/s1. The van der Waals surface area contributed by atoms with Crippen molar-refractivity contribution in [2.24, 2.45) is 0 Å². The Balaban J connectivity index is 2.45. The number of aliphatic hydroxyl groups is 1. The highest BCUT2D eigenvalue weighted by molar-refractivity contribution is 9.10. The Labute approximate surface area is 125 Å². The largest absolute Gasteiger partial charge is 0.389 e. The molecule has 0 bridgehead atoms. The Bertz CT molecular complexity index is 599. The molecule has 1 atom stereocenters. The molecule has 4 heteroatoms. The highest BCUT2D eigenvalue weighted by Gasteiger charge is 2.13. The summed E-state index contributed by atoms with van der Waals surface area (Å²) in [4.78, 5) is 1.91. The molecule has 0 unspecified atom stereocenters. The molecule has 0 radical (unpaired) electrons. The van der Waals surface area contributed by atoms with E-state index in [4.69, 9.17) is 0 Å². The number of rotatable bonds is 3. The van der Waals surface area contributed by atoms with E-state index in [1.54, 1.807) is 19.9 Å². The van der Waals surface area contributed by atoms with Gasteiger partial charge in [-0.3, -0.25) is 0 Å². The topological polar surface area (TPSA) is 20.2 Å². The molecule has 0 saturated heterocycles. The summed E-state index contributed by atoms with van der Waals surface area (Å²) in [5.74, 6) is -0.285. The number of hydrogen-bond acceptors (Lipinski definition) is 2. The maximum absolute atomic E-state index is 13.6. The van der Waals surface area contributed by atoms with E-state index in [9.17, 15) is 9.50 Å². The van der Waals surface area contributed by atoms with Crippen molar-refractivity contribution >= 4 is 27.7 Å². The highest BCUT2D eigenvalue weighted by atomic mass is 79.9. The molecule has 0 fully saturated rings. The minimum absolute atomic E-state index is 0.285. The van der Waals surface area contributed by atoms with Crippen molar-refractivity contribution < 1.29 is 9.50 Å². The molecule has 19 heavy (non-hydrogen) atoms. The number of benzene rings is 2. The first kappa shape index (κ1) is 14.6. The van der Waals surface area contributed by atoms with Crippen molar-refractivity contribution in [1.29, 1.82) is 0 Å². The van der Waals surface area contributed by atoms with Gasteiger partial charge in [-0.2, -0.15) is 0 Å². The van der Waals surface area contributed by atoms with Gasteiger partial charge < -0.3 is 5.11 Å². The zero-order chi connectivity index (χ0) is 14.0. The molecular formula is C15H14BrFOS. The van der Waals surface area contributed by atoms with Crippen molar-refractivity contribution in [2.45, 2.75) is 29.7 Å². The van der Waals surface area contributed by atoms with Crippen LogP contribution in [-0.2, 0) is 0 Å². The van der Waals surface area contributed by atoms with Crippen LogP contribution >= 0.6 is 27.7 Å². The lowest BCUT2D eigenvalue weighted by molar-refractivity contribution is 0.196. The van der Waals surface area contributed by atoms with E-state index in [1.165, 1.54) is 17.8 Å². The van der Waals surface area contributed by atoms with E-state index < -0.39 is 6.10 Å². The third kappa shape index (κ3) is 3.38. The van der Waals surface area contributed by atoms with E-state index in [2.05, 4.69) is 15.9 Å². The summed E-state index contributed by atoms with van der Waals surface area (Å²) in [6.07, 6.45) is -0.694. The molecule has 2 aromatic carbocycles. The van der Waals surface area contributed by atoms with Crippen LogP contribution in [0.1, 0.15) is 24.2 Å². The fourth-order valence-electron chi connectivity index (χ4n) is 1.73. The van der Waals surface area contributed by atoms with Gasteiger partial charge in [0.05, 0.1) is 6.10 Å². The summed E-state index contributed by atoms with van der Waals surface area (Å²) in [5, 5.41) is 9.78. The molecule has 0 heterocycles. The molecular weight excluding hydrogens is 327 g/mol. The van der Waals surface area contributed by atoms with Crippen molar-refractivity contribution in [2.75, 3.05) is 0 Å². The van der Waals surface area contributed by atoms with Crippen molar-refractivity contribution in [3.8, 4) is 0 Å². The lowest BCUT2D eigenvalue weighted by atomic mass is 10.1. The molecule has 1 nitrogen and oxygen atoms in total. The molecule has 0 spiro atoms. The summed E-state index contributed by atoms with van der Waals surface area (Å²) in [5.41, 5.74) is 1.20. The van der Waals surface area contributed by atoms with Crippen LogP contribution in [0.3, 0.4) is 0 Å². The molecule has 0 aliphatic heterocycles. The van der Waals surface area contributed by atoms with E-state index in [0.717, 1.165) is 14.3 Å². The van der Waals surface area contributed by atoms with Crippen LogP contribution in [-0.4, -0.2) is 5.11 Å². The number of halogens is 2. The lowest BCUT2D eigenvalue weighted by Gasteiger charge is -2.14. The van der Waals surface area contributed by atoms with Gasteiger partial charge in [-0.25, -0.2) is 4.39 Å². The van der Waals surface area contributed by atoms with E-state index >= 15 is 0 Å². The first-order chi connectivity index (χ1) is 8.99. The Morgan fingerprint density at radius 3 is 2.53 bits per heavy atom. The molecule has 0 saturated carbocycles. The van der Waals surface area contributed by atoms with Crippen LogP contribution < -0.4 is 0 Å². The Hall–Kier alpha value is -0.840. The zero-order valence-corrected chi connectivity index (χ0v) is 13.1. The van der Waals surface area contributed by atoms with Crippen LogP contribution in [0.4, 0.5) is 4.39 Å². The van der Waals surface area contributed by atoms with Gasteiger partial charge in [0.2, 0.25) is 0 Å². The average molecular weight is 341 g/mol. The fraction of sp³-hybridized carbons (Fsp3) is 0.200. The summed E-state index contributed by atoms with van der Waals surface area (Å²) < 4.78 is 14.6. The second kappa shape index (κ2) is 6.07. The van der Waals surface area contributed by atoms with Gasteiger partial charge in [-0.15, -0.1) is 0 Å². The Morgan fingerprint density at radius 1 is 1.21 bits per heavy atom.